The average Bonchev–Trinajstić information content (AvgIpc) is 2.72. The molecule has 0 atom stereocenters. The van der Waals surface area contributed by atoms with Crippen LogP contribution < -0.4 is 5.76 Å². The first kappa shape index (κ1) is 16.0. The molecule has 4 nitrogen and oxygen atoms in total. The molecule has 1 aromatic heterocycles. The highest BCUT2D eigenvalue weighted by Crippen LogP contribution is 2.22. The van der Waals surface area contributed by atoms with Crippen LogP contribution in [-0.4, -0.2) is 10.4 Å². The molecule has 1 heterocycles. The Morgan fingerprint density at radius 3 is 2.68 bits per heavy atom. The first-order chi connectivity index (χ1) is 10.3. The molecule has 0 radical (unpaired) electrons. The van der Waals surface area contributed by atoms with Crippen LogP contribution in [0.3, 0.4) is 0 Å². The molecule has 0 fully saturated rings. The van der Waals surface area contributed by atoms with Gasteiger partial charge in [0.15, 0.2) is 11.4 Å². The molecular weight excluding hydrogens is 302 g/mol. The number of nitrogens with zero attached hydrogens (tertiary/aromatic N) is 1. The quantitative estimate of drug-likeness (QED) is 0.488. The number of Topliss-reactive ketones (excluding diaryl/α,β-unsaturated/α-hetero) is 1. The molecule has 0 saturated heterocycles. The standard InChI is InChI=1S/C17H16ClNO3/c1-5-6-12(8-11(3)18)16(20)13-7-10(2)15-14(9-13)22-17(21)19(15)4/h5-9H,3H2,1-2,4H3/b6-5-,12-8+. The maximum atomic E-state index is 12.6. The third-order valence-corrected chi connectivity index (χ3v) is 3.36. The minimum atomic E-state index is -0.457. The highest BCUT2D eigenvalue weighted by Gasteiger charge is 2.16. The molecule has 0 amide bonds. The van der Waals surface area contributed by atoms with Gasteiger partial charge < -0.3 is 4.42 Å². The summed E-state index contributed by atoms with van der Waals surface area (Å²) in [6, 6.07) is 3.30. The largest absolute Gasteiger partial charge is 0.419 e. The van der Waals surface area contributed by atoms with Gasteiger partial charge >= 0.3 is 5.76 Å². The topological polar surface area (TPSA) is 52.2 Å². The number of carbonyl (C=O) groups excluding carboxylic acids is 1. The maximum Gasteiger partial charge on any atom is 0.419 e. The fourth-order valence-electron chi connectivity index (χ4n) is 2.34. The second-order valence-corrected chi connectivity index (χ2v) is 5.43. The zero-order valence-corrected chi connectivity index (χ0v) is 13.4. The van der Waals surface area contributed by atoms with Crippen LogP contribution in [0.4, 0.5) is 0 Å². The van der Waals surface area contributed by atoms with Crippen molar-refractivity contribution in [2.75, 3.05) is 0 Å². The summed E-state index contributed by atoms with van der Waals surface area (Å²) in [5.41, 5.74) is 2.71. The van der Waals surface area contributed by atoms with Gasteiger partial charge in [0.05, 0.1) is 5.52 Å². The summed E-state index contributed by atoms with van der Waals surface area (Å²) in [6.07, 6.45) is 4.92. The number of fused-ring (bicyclic) bond motifs is 1. The van der Waals surface area contributed by atoms with E-state index >= 15 is 0 Å². The summed E-state index contributed by atoms with van der Waals surface area (Å²) in [5.74, 6) is -0.669. The number of allylic oxidation sites excluding steroid dienone is 5. The van der Waals surface area contributed by atoms with Gasteiger partial charge in [0.2, 0.25) is 0 Å². The Morgan fingerprint density at radius 2 is 2.09 bits per heavy atom. The molecular formula is C17H16ClNO3. The lowest BCUT2D eigenvalue weighted by Gasteiger charge is -2.05. The Bertz CT molecular complexity index is 881. The van der Waals surface area contributed by atoms with Gasteiger partial charge in [0.1, 0.15) is 0 Å². The minimum absolute atomic E-state index is 0.212. The fourth-order valence-corrected chi connectivity index (χ4v) is 2.46. The molecule has 1 aromatic carbocycles. The minimum Gasteiger partial charge on any atom is -0.408 e. The first-order valence-electron chi connectivity index (χ1n) is 6.68. The lowest BCUT2D eigenvalue weighted by Crippen LogP contribution is -2.09. The van der Waals surface area contributed by atoms with Crippen LogP contribution in [0.2, 0.25) is 0 Å². The second-order valence-electron chi connectivity index (χ2n) is 4.94. The Hall–Kier alpha value is -2.33. The third kappa shape index (κ3) is 2.97. The predicted octanol–water partition coefficient (Wildman–Crippen LogP) is 3.88. The van der Waals surface area contributed by atoms with Gasteiger partial charge in [-0.2, -0.15) is 0 Å². The van der Waals surface area contributed by atoms with Crippen LogP contribution in [0.25, 0.3) is 11.1 Å². The van der Waals surface area contributed by atoms with Gasteiger partial charge in [-0.3, -0.25) is 9.36 Å². The lowest BCUT2D eigenvalue weighted by molar-refractivity contribution is 0.103. The monoisotopic (exact) mass is 317 g/mol. The Balaban J connectivity index is 2.62. The van der Waals surface area contributed by atoms with E-state index < -0.39 is 5.76 Å². The maximum absolute atomic E-state index is 12.6. The number of hydrogen-bond acceptors (Lipinski definition) is 3. The summed E-state index contributed by atoms with van der Waals surface area (Å²) in [5, 5.41) is 0.269. The Kier molecular flexibility index (Phi) is 4.52. The molecule has 0 bridgehead atoms. The molecule has 0 unspecified atom stereocenters. The van der Waals surface area contributed by atoms with Crippen molar-refractivity contribution in [3.05, 3.63) is 69.2 Å². The van der Waals surface area contributed by atoms with E-state index in [1.807, 2.05) is 13.8 Å². The van der Waals surface area contributed by atoms with Crippen LogP contribution >= 0.6 is 11.6 Å². The number of ketones is 1. The highest BCUT2D eigenvalue weighted by molar-refractivity contribution is 6.31. The SMILES string of the molecule is C=C(Cl)/C=C(\C=C/C)C(=O)c1cc(C)c2c(c1)oc(=O)n2C. The Labute approximate surface area is 133 Å². The van der Waals surface area contributed by atoms with E-state index in [9.17, 15) is 9.59 Å². The van der Waals surface area contributed by atoms with Gasteiger partial charge in [-0.1, -0.05) is 30.3 Å². The van der Waals surface area contributed by atoms with Crippen molar-refractivity contribution in [1.29, 1.82) is 0 Å². The van der Waals surface area contributed by atoms with E-state index in [2.05, 4.69) is 6.58 Å². The van der Waals surface area contributed by atoms with E-state index in [0.29, 0.717) is 22.2 Å². The normalized spacial score (nSPS) is 12.3. The molecule has 0 N–H and O–H groups in total. The van der Waals surface area contributed by atoms with Crippen LogP contribution in [-0.2, 0) is 7.05 Å². The van der Waals surface area contributed by atoms with Crippen LogP contribution in [0.1, 0.15) is 22.8 Å². The molecule has 0 spiro atoms. The van der Waals surface area contributed by atoms with Crippen LogP contribution in [0.15, 0.2) is 56.8 Å². The number of hydrogen-bond donors (Lipinski definition) is 0. The number of rotatable bonds is 4. The Morgan fingerprint density at radius 1 is 1.41 bits per heavy atom. The fraction of sp³-hybridized carbons (Fsp3) is 0.176. The van der Waals surface area contributed by atoms with Gasteiger partial charge in [0.25, 0.3) is 0 Å². The van der Waals surface area contributed by atoms with Gasteiger partial charge in [-0.25, -0.2) is 4.79 Å². The van der Waals surface area contributed by atoms with Crippen molar-refractivity contribution in [2.24, 2.45) is 7.05 Å². The number of aryl methyl sites for hydroxylation is 2. The van der Waals surface area contributed by atoms with E-state index in [4.69, 9.17) is 16.0 Å². The summed E-state index contributed by atoms with van der Waals surface area (Å²) >= 11 is 5.77. The smallest absolute Gasteiger partial charge is 0.408 e. The molecule has 22 heavy (non-hydrogen) atoms. The summed E-state index contributed by atoms with van der Waals surface area (Å²) in [6.45, 7) is 7.21. The van der Waals surface area contributed by atoms with E-state index in [-0.39, 0.29) is 10.8 Å². The summed E-state index contributed by atoms with van der Waals surface area (Å²) < 4.78 is 6.58. The van der Waals surface area contributed by atoms with Crippen molar-refractivity contribution in [3.63, 3.8) is 0 Å². The van der Waals surface area contributed by atoms with Crippen molar-refractivity contribution in [1.82, 2.24) is 4.57 Å². The van der Waals surface area contributed by atoms with Crippen LogP contribution in [0.5, 0.6) is 0 Å². The number of halogens is 1. The van der Waals surface area contributed by atoms with Crippen molar-refractivity contribution in [2.45, 2.75) is 13.8 Å². The van der Waals surface area contributed by atoms with Crippen LogP contribution in [0, 0.1) is 6.92 Å². The van der Waals surface area contributed by atoms with E-state index in [0.717, 1.165) is 5.56 Å². The lowest BCUT2D eigenvalue weighted by atomic mass is 10.00. The second kappa shape index (κ2) is 6.20. The first-order valence-corrected chi connectivity index (χ1v) is 7.06. The predicted molar refractivity (Wildman–Crippen MR) is 88.4 cm³/mol. The number of oxazole rings is 1. The highest BCUT2D eigenvalue weighted by atomic mass is 35.5. The third-order valence-electron chi connectivity index (χ3n) is 3.25. The molecule has 0 aliphatic rings. The van der Waals surface area contributed by atoms with Crippen molar-refractivity contribution in [3.8, 4) is 0 Å². The van der Waals surface area contributed by atoms with Crippen molar-refractivity contribution < 1.29 is 9.21 Å². The van der Waals surface area contributed by atoms with E-state index in [1.165, 1.54) is 10.6 Å². The molecule has 2 rings (SSSR count). The van der Waals surface area contributed by atoms with Gasteiger partial charge in [-0.15, -0.1) is 0 Å². The number of benzene rings is 1. The molecule has 0 saturated carbocycles. The summed E-state index contributed by atoms with van der Waals surface area (Å²) in [7, 11) is 1.63. The molecule has 5 heteroatoms. The zero-order chi connectivity index (χ0) is 16.4. The van der Waals surface area contributed by atoms with Gasteiger partial charge in [0, 0.05) is 23.2 Å². The number of carbonyl (C=O) groups is 1. The average molecular weight is 318 g/mol. The zero-order valence-electron chi connectivity index (χ0n) is 12.6. The molecule has 0 aliphatic carbocycles. The summed E-state index contributed by atoms with van der Waals surface area (Å²) in [4.78, 5) is 24.2. The van der Waals surface area contributed by atoms with Crippen molar-refractivity contribution >= 4 is 28.5 Å². The molecule has 114 valence electrons. The van der Waals surface area contributed by atoms with E-state index in [1.54, 1.807) is 31.3 Å². The molecule has 0 aliphatic heterocycles. The number of aromatic nitrogens is 1. The molecule has 2 aromatic rings. The van der Waals surface area contributed by atoms with Gasteiger partial charge in [-0.05, 0) is 37.6 Å².